The Balaban J connectivity index is 1.54. The summed E-state index contributed by atoms with van der Waals surface area (Å²) in [5.41, 5.74) is 2.57. The van der Waals surface area contributed by atoms with Gasteiger partial charge < -0.3 is 14.7 Å². The monoisotopic (exact) mass is 467 g/mol. The minimum Gasteiger partial charge on any atom is -0.369 e. The molecule has 0 bridgehead atoms. The van der Waals surface area contributed by atoms with Crippen molar-refractivity contribution < 1.29 is 8.78 Å². The molecule has 8 heteroatoms. The first kappa shape index (κ1) is 23.9. The molecule has 0 spiro atoms. The van der Waals surface area contributed by atoms with Crippen LogP contribution in [0.1, 0.15) is 35.2 Å². The summed E-state index contributed by atoms with van der Waals surface area (Å²) in [5, 5.41) is 0. The van der Waals surface area contributed by atoms with Gasteiger partial charge in [-0.25, -0.2) is 13.8 Å². The molecule has 1 aliphatic rings. The third-order valence-electron chi connectivity index (χ3n) is 6.61. The molecule has 0 amide bonds. The Morgan fingerprint density at radius 2 is 1.68 bits per heavy atom. The molecule has 3 aromatic rings. The van der Waals surface area contributed by atoms with Crippen LogP contribution in [0.5, 0.6) is 0 Å². The Morgan fingerprint density at radius 1 is 1.06 bits per heavy atom. The molecule has 1 aliphatic heterocycles. The second kappa shape index (κ2) is 9.93. The summed E-state index contributed by atoms with van der Waals surface area (Å²) in [6.07, 6.45) is 0. The highest BCUT2D eigenvalue weighted by Crippen LogP contribution is 2.29. The highest BCUT2D eigenvalue weighted by atomic mass is 19.1. The summed E-state index contributed by atoms with van der Waals surface area (Å²) in [5.74, 6) is -1.65. The standard InChI is InChI=1S/C26H31F2N5O/c1-17(23-21(27)6-5-7-22(23)28)24-18(2)25(34)30-26(29-24)32(4)16-19-8-10-20(11-9-19)33-14-12-31(3)13-15-33/h5-11,17H,12-16H2,1-4H3,(H,29,30,34). The van der Waals surface area contributed by atoms with Gasteiger partial charge in [0, 0.05) is 62.5 Å². The molecule has 2 aromatic carbocycles. The number of anilines is 2. The van der Waals surface area contributed by atoms with Crippen molar-refractivity contribution in [2.75, 3.05) is 50.1 Å². The quantitative estimate of drug-likeness (QED) is 0.596. The highest BCUT2D eigenvalue weighted by Gasteiger charge is 2.23. The zero-order valence-electron chi connectivity index (χ0n) is 20.1. The molecule has 34 heavy (non-hydrogen) atoms. The molecule has 1 fully saturated rings. The number of likely N-dealkylation sites (N-methyl/N-ethyl adjacent to an activating group) is 1. The van der Waals surface area contributed by atoms with E-state index in [0.717, 1.165) is 31.7 Å². The summed E-state index contributed by atoms with van der Waals surface area (Å²) >= 11 is 0. The van der Waals surface area contributed by atoms with Crippen LogP contribution < -0.4 is 15.4 Å². The maximum atomic E-state index is 14.4. The number of halogens is 2. The first-order valence-electron chi connectivity index (χ1n) is 11.5. The van der Waals surface area contributed by atoms with Crippen LogP contribution in [-0.4, -0.2) is 55.1 Å². The zero-order chi connectivity index (χ0) is 24.4. The largest absolute Gasteiger partial charge is 0.369 e. The maximum Gasteiger partial charge on any atom is 0.255 e. The van der Waals surface area contributed by atoms with Crippen LogP contribution >= 0.6 is 0 Å². The number of aromatic amines is 1. The topological polar surface area (TPSA) is 55.5 Å². The van der Waals surface area contributed by atoms with Gasteiger partial charge in [-0.15, -0.1) is 0 Å². The number of H-pyrrole nitrogens is 1. The van der Waals surface area contributed by atoms with Crippen molar-refractivity contribution in [2.24, 2.45) is 0 Å². The Morgan fingerprint density at radius 3 is 2.29 bits per heavy atom. The van der Waals surface area contributed by atoms with E-state index < -0.39 is 17.6 Å². The molecular weight excluding hydrogens is 436 g/mol. The van der Waals surface area contributed by atoms with E-state index in [4.69, 9.17) is 0 Å². The van der Waals surface area contributed by atoms with Gasteiger partial charge in [-0.1, -0.05) is 25.1 Å². The van der Waals surface area contributed by atoms with Crippen molar-refractivity contribution in [3.63, 3.8) is 0 Å². The molecule has 1 saturated heterocycles. The van der Waals surface area contributed by atoms with Gasteiger partial charge in [-0.05, 0) is 43.8 Å². The van der Waals surface area contributed by atoms with E-state index in [2.05, 4.69) is 51.1 Å². The molecule has 1 aromatic heterocycles. The fourth-order valence-corrected chi connectivity index (χ4v) is 4.43. The van der Waals surface area contributed by atoms with Crippen LogP contribution in [0.15, 0.2) is 47.3 Å². The second-order valence-corrected chi connectivity index (χ2v) is 9.07. The summed E-state index contributed by atoms with van der Waals surface area (Å²) < 4.78 is 28.8. The van der Waals surface area contributed by atoms with E-state index in [1.54, 1.807) is 13.8 Å². The summed E-state index contributed by atoms with van der Waals surface area (Å²) in [7, 11) is 3.97. The van der Waals surface area contributed by atoms with Gasteiger partial charge in [0.1, 0.15) is 11.6 Å². The van der Waals surface area contributed by atoms with E-state index in [1.807, 2.05) is 11.9 Å². The minimum absolute atomic E-state index is 0.0863. The lowest BCUT2D eigenvalue weighted by molar-refractivity contribution is 0.313. The number of nitrogens with one attached hydrogen (secondary N) is 1. The molecule has 2 heterocycles. The molecular formula is C26H31F2N5O. The molecule has 1 atom stereocenters. The lowest BCUT2D eigenvalue weighted by Gasteiger charge is -2.34. The van der Waals surface area contributed by atoms with Gasteiger partial charge in [0.05, 0.1) is 5.69 Å². The highest BCUT2D eigenvalue weighted by molar-refractivity contribution is 5.49. The molecule has 4 rings (SSSR count). The number of rotatable bonds is 6. The number of piperazine rings is 1. The minimum atomic E-state index is -0.710. The molecule has 180 valence electrons. The average molecular weight is 468 g/mol. The lowest BCUT2D eigenvalue weighted by atomic mass is 9.94. The summed E-state index contributed by atoms with van der Waals surface area (Å²) in [6.45, 7) is 7.93. The maximum absolute atomic E-state index is 14.4. The summed E-state index contributed by atoms with van der Waals surface area (Å²) in [4.78, 5) is 26.6. The van der Waals surface area contributed by atoms with Crippen molar-refractivity contribution in [3.05, 3.63) is 86.8 Å². The van der Waals surface area contributed by atoms with Crippen molar-refractivity contribution in [2.45, 2.75) is 26.3 Å². The predicted octanol–water partition coefficient (Wildman–Crippen LogP) is 3.90. The van der Waals surface area contributed by atoms with Crippen LogP contribution in [-0.2, 0) is 6.54 Å². The molecule has 0 saturated carbocycles. The van der Waals surface area contributed by atoms with Crippen LogP contribution in [0.4, 0.5) is 20.4 Å². The fourth-order valence-electron chi connectivity index (χ4n) is 4.43. The zero-order valence-corrected chi connectivity index (χ0v) is 20.1. The van der Waals surface area contributed by atoms with E-state index in [0.29, 0.717) is 23.8 Å². The van der Waals surface area contributed by atoms with Gasteiger partial charge in [-0.3, -0.25) is 9.78 Å². The van der Waals surface area contributed by atoms with E-state index in [-0.39, 0.29) is 11.1 Å². The van der Waals surface area contributed by atoms with Gasteiger partial charge >= 0.3 is 0 Å². The van der Waals surface area contributed by atoms with Gasteiger partial charge in [-0.2, -0.15) is 0 Å². The van der Waals surface area contributed by atoms with Crippen molar-refractivity contribution in [1.29, 1.82) is 0 Å². The Kier molecular flexibility index (Phi) is 6.97. The first-order chi connectivity index (χ1) is 16.2. The van der Waals surface area contributed by atoms with Crippen molar-refractivity contribution >= 4 is 11.6 Å². The molecule has 0 radical (unpaired) electrons. The van der Waals surface area contributed by atoms with Gasteiger partial charge in [0.25, 0.3) is 5.56 Å². The molecule has 1 N–H and O–H groups in total. The number of hydrogen-bond donors (Lipinski definition) is 1. The average Bonchev–Trinajstić information content (AvgIpc) is 2.81. The van der Waals surface area contributed by atoms with Crippen molar-refractivity contribution in [3.8, 4) is 0 Å². The fraction of sp³-hybridized carbons (Fsp3) is 0.385. The normalized spacial score (nSPS) is 15.4. The number of nitrogens with zero attached hydrogens (tertiary/aromatic N) is 4. The van der Waals surface area contributed by atoms with Gasteiger partial charge in [0.2, 0.25) is 5.95 Å². The molecule has 1 unspecified atom stereocenters. The van der Waals surface area contributed by atoms with E-state index >= 15 is 0 Å². The van der Waals surface area contributed by atoms with Gasteiger partial charge in [0.15, 0.2) is 0 Å². The smallest absolute Gasteiger partial charge is 0.255 e. The third kappa shape index (κ3) is 4.97. The van der Waals surface area contributed by atoms with Crippen LogP contribution in [0.2, 0.25) is 0 Å². The SMILES string of the molecule is Cc1c(C(C)c2c(F)cccc2F)nc(N(C)Cc2ccc(N3CCN(C)CC3)cc2)[nH]c1=O. The summed E-state index contributed by atoms with van der Waals surface area (Å²) in [6, 6.07) is 12.2. The third-order valence-corrected chi connectivity index (χ3v) is 6.61. The molecule has 6 nitrogen and oxygen atoms in total. The predicted molar refractivity (Wildman–Crippen MR) is 132 cm³/mol. The van der Waals surface area contributed by atoms with E-state index in [1.165, 1.54) is 23.9 Å². The number of benzene rings is 2. The Labute approximate surface area is 198 Å². The second-order valence-electron chi connectivity index (χ2n) is 9.07. The molecule has 0 aliphatic carbocycles. The Bertz CT molecular complexity index is 1180. The van der Waals surface area contributed by atoms with Crippen LogP contribution in [0, 0.1) is 18.6 Å². The van der Waals surface area contributed by atoms with E-state index in [9.17, 15) is 13.6 Å². The number of hydrogen-bond acceptors (Lipinski definition) is 5. The van der Waals surface area contributed by atoms with Crippen molar-refractivity contribution in [1.82, 2.24) is 14.9 Å². The first-order valence-corrected chi connectivity index (χ1v) is 11.5. The lowest BCUT2D eigenvalue weighted by Crippen LogP contribution is -2.44. The number of aromatic nitrogens is 2. The Hall–Kier alpha value is -3.26. The van der Waals surface area contributed by atoms with Crippen LogP contribution in [0.3, 0.4) is 0 Å². The van der Waals surface area contributed by atoms with Crippen LogP contribution in [0.25, 0.3) is 0 Å².